The van der Waals surface area contributed by atoms with Crippen LogP contribution in [0.4, 0.5) is 15.1 Å². The molecule has 3 aromatic heterocycles. The van der Waals surface area contributed by atoms with Gasteiger partial charge in [-0.05, 0) is 57.0 Å². The minimum Gasteiger partial charge on any atom is -0.351 e. The van der Waals surface area contributed by atoms with Gasteiger partial charge in [0.25, 0.3) is 0 Å². The van der Waals surface area contributed by atoms with Crippen molar-refractivity contribution in [1.82, 2.24) is 29.6 Å². The Morgan fingerprint density at radius 2 is 1.94 bits per heavy atom. The van der Waals surface area contributed by atoms with E-state index in [4.69, 9.17) is 9.97 Å². The summed E-state index contributed by atoms with van der Waals surface area (Å²) in [7, 11) is 0. The van der Waals surface area contributed by atoms with Crippen molar-refractivity contribution in [2.45, 2.75) is 32.7 Å². The molecule has 0 radical (unpaired) electrons. The molecule has 34 heavy (non-hydrogen) atoms. The number of piperidine rings is 1. The number of fused-ring (bicyclic) bond motifs is 1. The molecule has 8 nitrogen and oxygen atoms in total. The Hall–Kier alpha value is -3.53. The highest BCUT2D eigenvalue weighted by molar-refractivity contribution is 7.17. The molecule has 0 atom stereocenters. The van der Waals surface area contributed by atoms with Gasteiger partial charge in [-0.1, -0.05) is 0 Å². The molecule has 4 aromatic rings. The Kier molecular flexibility index (Phi) is 6.14. The molecule has 0 bridgehead atoms. The van der Waals surface area contributed by atoms with Crippen molar-refractivity contribution < 1.29 is 9.18 Å². The highest BCUT2D eigenvalue weighted by Crippen LogP contribution is 2.34. The number of aromatic nitrogens is 4. The highest BCUT2D eigenvalue weighted by Gasteiger charge is 2.24. The second-order valence-corrected chi connectivity index (χ2v) is 9.53. The van der Waals surface area contributed by atoms with Gasteiger partial charge in [-0.25, -0.2) is 24.1 Å². The second kappa shape index (κ2) is 9.38. The van der Waals surface area contributed by atoms with Crippen molar-refractivity contribution in [3.05, 3.63) is 53.4 Å². The van der Waals surface area contributed by atoms with Gasteiger partial charge in [0.2, 0.25) is 5.95 Å². The van der Waals surface area contributed by atoms with Crippen molar-refractivity contribution in [3.8, 4) is 22.6 Å². The molecule has 10 heteroatoms. The number of anilines is 1. The number of likely N-dealkylation sites (tertiary alicyclic amines) is 1. The van der Waals surface area contributed by atoms with Crippen molar-refractivity contribution in [1.29, 1.82) is 0 Å². The third kappa shape index (κ3) is 4.45. The van der Waals surface area contributed by atoms with Crippen LogP contribution in [0.15, 0.2) is 42.7 Å². The smallest absolute Gasteiger partial charge is 0.317 e. The fourth-order valence-electron chi connectivity index (χ4n) is 4.24. The highest BCUT2D eigenvalue weighted by atomic mass is 32.1. The number of carbonyl (C=O) groups excluding carboxylic acids is 1. The Labute approximate surface area is 200 Å². The summed E-state index contributed by atoms with van der Waals surface area (Å²) >= 11 is 1.60. The maximum absolute atomic E-state index is 13.5. The minimum atomic E-state index is -0.283. The predicted molar refractivity (Wildman–Crippen MR) is 132 cm³/mol. The Morgan fingerprint density at radius 1 is 1.18 bits per heavy atom. The van der Waals surface area contributed by atoms with E-state index < -0.39 is 0 Å². The number of nitrogens with one attached hydrogen (secondary N) is 2. The van der Waals surface area contributed by atoms with E-state index >= 15 is 0 Å². The zero-order valence-corrected chi connectivity index (χ0v) is 19.9. The molecule has 4 heterocycles. The number of hydrogen-bond donors (Lipinski definition) is 2. The number of rotatable bonds is 5. The standard InChI is InChI=1S/C24H26FN7OS/c1-3-26-23(33)31-12-9-18(10-13-31)28-22-27-11-8-19(29-22)21-20(16-4-6-17(25)7-5-16)30-24-32(21)14-15(2)34-24/h4-8,11,14,18H,3,9-10,12-13H2,1-2H3,(H,26,33)(H,27,28,29). The van der Waals surface area contributed by atoms with E-state index in [0.29, 0.717) is 25.6 Å². The first-order valence-electron chi connectivity index (χ1n) is 11.4. The largest absolute Gasteiger partial charge is 0.351 e. The van der Waals surface area contributed by atoms with E-state index in [0.717, 1.165) is 45.3 Å². The zero-order valence-electron chi connectivity index (χ0n) is 19.1. The maximum atomic E-state index is 13.5. The predicted octanol–water partition coefficient (Wildman–Crippen LogP) is 4.57. The number of amides is 2. The molecule has 176 valence electrons. The van der Waals surface area contributed by atoms with Crippen molar-refractivity contribution in [2.24, 2.45) is 0 Å². The van der Waals surface area contributed by atoms with E-state index in [1.807, 2.05) is 35.4 Å². The SMILES string of the molecule is CCNC(=O)N1CCC(Nc2nccc(-c3c(-c4ccc(F)cc4)nc4sc(C)cn34)n2)CC1. The average molecular weight is 480 g/mol. The van der Waals surface area contributed by atoms with E-state index in [1.54, 1.807) is 29.7 Å². The Balaban J connectivity index is 1.41. The molecule has 0 saturated carbocycles. The number of aryl methyl sites for hydroxylation is 1. The van der Waals surface area contributed by atoms with Gasteiger partial charge in [-0.3, -0.25) is 4.40 Å². The van der Waals surface area contributed by atoms with Crippen LogP contribution in [0, 0.1) is 12.7 Å². The second-order valence-electron chi connectivity index (χ2n) is 8.32. The summed E-state index contributed by atoms with van der Waals surface area (Å²) in [5.41, 5.74) is 3.17. The summed E-state index contributed by atoms with van der Waals surface area (Å²) < 4.78 is 15.6. The lowest BCUT2D eigenvalue weighted by Gasteiger charge is -2.32. The monoisotopic (exact) mass is 479 g/mol. The van der Waals surface area contributed by atoms with Crippen LogP contribution >= 0.6 is 11.3 Å². The van der Waals surface area contributed by atoms with Crippen molar-refractivity contribution in [3.63, 3.8) is 0 Å². The molecule has 0 spiro atoms. The summed E-state index contributed by atoms with van der Waals surface area (Å²) in [6.45, 7) is 5.97. The fourth-order valence-corrected chi connectivity index (χ4v) is 5.07. The lowest BCUT2D eigenvalue weighted by molar-refractivity contribution is 0.184. The van der Waals surface area contributed by atoms with E-state index in [2.05, 4.69) is 15.6 Å². The normalized spacial score (nSPS) is 14.5. The van der Waals surface area contributed by atoms with E-state index in [9.17, 15) is 9.18 Å². The quantitative estimate of drug-likeness (QED) is 0.438. The molecule has 2 amide bonds. The average Bonchev–Trinajstić information content (AvgIpc) is 3.36. The van der Waals surface area contributed by atoms with Crippen LogP contribution in [0.1, 0.15) is 24.6 Å². The number of urea groups is 1. The van der Waals surface area contributed by atoms with Crippen LogP contribution in [0.2, 0.25) is 0 Å². The summed E-state index contributed by atoms with van der Waals surface area (Å²) in [4.78, 5) is 30.0. The van der Waals surface area contributed by atoms with Gasteiger partial charge in [0, 0.05) is 48.5 Å². The van der Waals surface area contributed by atoms with Gasteiger partial charge < -0.3 is 15.5 Å². The van der Waals surface area contributed by atoms with Gasteiger partial charge in [-0.2, -0.15) is 0 Å². The van der Waals surface area contributed by atoms with Crippen LogP contribution in [0.3, 0.4) is 0 Å². The zero-order chi connectivity index (χ0) is 23.7. The molecule has 5 rings (SSSR count). The van der Waals surface area contributed by atoms with E-state index in [1.165, 1.54) is 12.1 Å². The van der Waals surface area contributed by atoms with Crippen LogP contribution in [0.5, 0.6) is 0 Å². The van der Waals surface area contributed by atoms with Crippen LogP contribution in [-0.4, -0.2) is 56.0 Å². The molecule has 1 aliphatic heterocycles. The number of imidazole rings is 1. The number of thiazole rings is 1. The first-order valence-corrected chi connectivity index (χ1v) is 12.2. The lowest BCUT2D eigenvalue weighted by atomic mass is 10.1. The minimum absolute atomic E-state index is 0.0108. The van der Waals surface area contributed by atoms with E-state index in [-0.39, 0.29) is 17.9 Å². The number of carbonyl (C=O) groups is 1. The van der Waals surface area contributed by atoms with Gasteiger partial charge in [0.05, 0.1) is 11.4 Å². The summed E-state index contributed by atoms with van der Waals surface area (Å²) in [6, 6.07) is 8.40. The Morgan fingerprint density at radius 3 is 2.68 bits per heavy atom. The molecule has 0 aliphatic carbocycles. The number of benzene rings is 1. The van der Waals surface area contributed by atoms with Gasteiger partial charge in [0.15, 0.2) is 4.96 Å². The van der Waals surface area contributed by atoms with Gasteiger partial charge in [0.1, 0.15) is 11.5 Å². The third-order valence-corrected chi connectivity index (χ3v) is 6.80. The number of nitrogens with zero attached hydrogens (tertiary/aromatic N) is 5. The van der Waals surface area contributed by atoms with Crippen molar-refractivity contribution in [2.75, 3.05) is 25.0 Å². The summed E-state index contributed by atoms with van der Waals surface area (Å²) in [5.74, 6) is 0.259. The van der Waals surface area contributed by atoms with Crippen molar-refractivity contribution >= 4 is 28.3 Å². The molecule has 1 fully saturated rings. The topological polar surface area (TPSA) is 87.5 Å². The van der Waals surface area contributed by atoms with Crippen LogP contribution in [-0.2, 0) is 0 Å². The first-order chi connectivity index (χ1) is 16.5. The lowest BCUT2D eigenvalue weighted by Crippen LogP contribution is -2.46. The summed E-state index contributed by atoms with van der Waals surface area (Å²) in [6.07, 6.45) is 5.43. The molecule has 1 saturated heterocycles. The molecule has 2 N–H and O–H groups in total. The Bertz CT molecular complexity index is 1310. The summed E-state index contributed by atoms with van der Waals surface area (Å²) in [5, 5.41) is 6.29. The molecule has 1 aromatic carbocycles. The van der Waals surface area contributed by atoms with Gasteiger partial charge >= 0.3 is 6.03 Å². The number of halogens is 1. The molecule has 0 unspecified atom stereocenters. The van der Waals surface area contributed by atoms with Crippen LogP contribution < -0.4 is 10.6 Å². The molecular formula is C24H26FN7OS. The fraction of sp³-hybridized carbons (Fsp3) is 0.333. The molecule has 1 aliphatic rings. The maximum Gasteiger partial charge on any atom is 0.317 e. The van der Waals surface area contributed by atoms with Crippen LogP contribution in [0.25, 0.3) is 27.6 Å². The molecular weight excluding hydrogens is 453 g/mol. The number of hydrogen-bond acceptors (Lipinski definition) is 6. The first kappa shape index (κ1) is 22.3. The third-order valence-electron chi connectivity index (χ3n) is 5.90. The van der Waals surface area contributed by atoms with Gasteiger partial charge in [-0.15, -0.1) is 11.3 Å².